The van der Waals surface area contributed by atoms with Crippen molar-refractivity contribution in [1.82, 2.24) is 4.98 Å². The fourth-order valence-electron chi connectivity index (χ4n) is 1.67. The van der Waals surface area contributed by atoms with E-state index in [0.717, 1.165) is 18.2 Å². The molecule has 1 unspecified atom stereocenters. The Morgan fingerprint density at radius 3 is 2.94 bits per heavy atom. The van der Waals surface area contributed by atoms with Crippen molar-refractivity contribution in [3.8, 4) is 0 Å². The maximum Gasteiger partial charge on any atom is 0.105 e. The molecule has 88 valence electrons. The molecule has 0 saturated heterocycles. The third-order valence-corrected chi connectivity index (χ3v) is 2.61. The summed E-state index contributed by atoms with van der Waals surface area (Å²) in [4.78, 5) is 3.23. The van der Waals surface area contributed by atoms with Crippen molar-refractivity contribution < 1.29 is 4.74 Å². The molecule has 16 heavy (non-hydrogen) atoms. The summed E-state index contributed by atoms with van der Waals surface area (Å²) in [5.41, 5.74) is 6.96. The Morgan fingerprint density at radius 2 is 2.38 bits per heavy atom. The Labute approximate surface area is 96.3 Å². The minimum absolute atomic E-state index is 0.194. The van der Waals surface area contributed by atoms with E-state index in [1.54, 1.807) is 13.2 Å². The van der Waals surface area contributed by atoms with E-state index in [1.807, 2.05) is 19.2 Å². The minimum atomic E-state index is -0.194. The molecule has 0 bridgehead atoms. The molecule has 3 nitrogen and oxygen atoms in total. The van der Waals surface area contributed by atoms with E-state index in [-0.39, 0.29) is 6.23 Å². The van der Waals surface area contributed by atoms with Gasteiger partial charge in [0.05, 0.1) is 0 Å². The van der Waals surface area contributed by atoms with Crippen molar-refractivity contribution in [3.05, 3.63) is 35.0 Å². The zero-order chi connectivity index (χ0) is 12.0. The smallest absolute Gasteiger partial charge is 0.105 e. The topological polar surface area (TPSA) is 51.0 Å². The summed E-state index contributed by atoms with van der Waals surface area (Å²) in [6.45, 7) is 5.74. The second kappa shape index (κ2) is 6.30. The van der Waals surface area contributed by atoms with Crippen LogP contribution in [-0.4, -0.2) is 18.3 Å². The van der Waals surface area contributed by atoms with E-state index >= 15 is 0 Å². The number of allylic oxidation sites excluding steroid dienone is 1. The number of aryl methyl sites for hydroxylation is 1. The lowest BCUT2D eigenvalue weighted by atomic mass is 10.1. The molecule has 0 saturated carbocycles. The SMILES string of the molecule is C=C/C=c1/c(CCC(N)OC)c[nH]/c1=C/C. The highest BCUT2D eigenvalue weighted by atomic mass is 16.5. The van der Waals surface area contributed by atoms with Crippen LogP contribution in [0, 0.1) is 0 Å². The van der Waals surface area contributed by atoms with Crippen LogP contribution >= 0.6 is 0 Å². The highest BCUT2D eigenvalue weighted by Gasteiger charge is 2.03. The predicted molar refractivity (Wildman–Crippen MR) is 68.1 cm³/mol. The van der Waals surface area contributed by atoms with Crippen molar-refractivity contribution in [2.24, 2.45) is 5.73 Å². The van der Waals surface area contributed by atoms with Crippen molar-refractivity contribution in [3.63, 3.8) is 0 Å². The third-order valence-electron chi connectivity index (χ3n) is 2.61. The van der Waals surface area contributed by atoms with Crippen molar-refractivity contribution in [2.45, 2.75) is 26.0 Å². The van der Waals surface area contributed by atoms with Gasteiger partial charge in [-0.25, -0.2) is 0 Å². The van der Waals surface area contributed by atoms with Gasteiger partial charge in [0.2, 0.25) is 0 Å². The first-order valence-electron chi connectivity index (χ1n) is 5.46. The van der Waals surface area contributed by atoms with Gasteiger partial charge >= 0.3 is 0 Å². The fourth-order valence-corrected chi connectivity index (χ4v) is 1.67. The van der Waals surface area contributed by atoms with Gasteiger partial charge < -0.3 is 15.5 Å². The molecule has 0 radical (unpaired) electrons. The summed E-state index contributed by atoms with van der Waals surface area (Å²) in [7, 11) is 1.63. The van der Waals surface area contributed by atoms with Gasteiger partial charge in [-0.15, -0.1) is 0 Å². The molecule has 1 aromatic rings. The molecule has 1 heterocycles. The highest BCUT2D eigenvalue weighted by molar-refractivity contribution is 5.40. The molecule has 0 aliphatic rings. The average molecular weight is 220 g/mol. The summed E-state index contributed by atoms with van der Waals surface area (Å²) < 4.78 is 5.03. The van der Waals surface area contributed by atoms with Crippen LogP contribution in [0.25, 0.3) is 12.2 Å². The van der Waals surface area contributed by atoms with Crippen LogP contribution in [0.3, 0.4) is 0 Å². The van der Waals surface area contributed by atoms with E-state index in [4.69, 9.17) is 10.5 Å². The fraction of sp³-hybridized carbons (Fsp3) is 0.385. The number of hydrogen-bond donors (Lipinski definition) is 2. The number of aromatic nitrogens is 1. The van der Waals surface area contributed by atoms with Crippen LogP contribution in [0.4, 0.5) is 0 Å². The molecule has 0 aromatic carbocycles. The number of rotatable bonds is 5. The van der Waals surface area contributed by atoms with Crippen LogP contribution < -0.4 is 16.3 Å². The van der Waals surface area contributed by atoms with E-state index in [2.05, 4.69) is 17.6 Å². The van der Waals surface area contributed by atoms with E-state index < -0.39 is 0 Å². The van der Waals surface area contributed by atoms with E-state index in [9.17, 15) is 0 Å². The quantitative estimate of drug-likeness (QED) is 0.716. The van der Waals surface area contributed by atoms with Crippen molar-refractivity contribution >= 4 is 12.2 Å². The lowest BCUT2D eigenvalue weighted by Gasteiger charge is -2.07. The number of aromatic amines is 1. The van der Waals surface area contributed by atoms with Crippen LogP contribution in [0.15, 0.2) is 18.9 Å². The molecule has 1 rings (SSSR count). The second-order valence-electron chi connectivity index (χ2n) is 3.65. The van der Waals surface area contributed by atoms with Gasteiger partial charge in [0, 0.05) is 23.9 Å². The number of methoxy groups -OCH3 is 1. The van der Waals surface area contributed by atoms with Gasteiger partial charge in [0.1, 0.15) is 6.23 Å². The van der Waals surface area contributed by atoms with Crippen LogP contribution in [0.5, 0.6) is 0 Å². The van der Waals surface area contributed by atoms with Gasteiger partial charge in [-0.1, -0.05) is 24.8 Å². The average Bonchev–Trinajstić information content (AvgIpc) is 2.69. The Balaban J connectivity index is 2.93. The second-order valence-corrected chi connectivity index (χ2v) is 3.65. The number of ether oxygens (including phenoxy) is 1. The number of nitrogens with two attached hydrogens (primary N) is 1. The van der Waals surface area contributed by atoms with Crippen LogP contribution in [0.2, 0.25) is 0 Å². The lowest BCUT2D eigenvalue weighted by Crippen LogP contribution is -2.27. The maximum absolute atomic E-state index is 5.71. The molecular formula is C13H20N2O. The molecule has 1 atom stereocenters. The first-order valence-corrected chi connectivity index (χ1v) is 5.46. The minimum Gasteiger partial charge on any atom is -0.367 e. The Bertz CT molecular complexity index is 445. The summed E-state index contributed by atoms with van der Waals surface area (Å²) in [6.07, 6.45) is 9.41. The van der Waals surface area contributed by atoms with Crippen LogP contribution in [-0.2, 0) is 11.2 Å². The molecule has 0 aliphatic carbocycles. The lowest BCUT2D eigenvalue weighted by molar-refractivity contribution is 0.101. The predicted octanol–water partition coefficient (Wildman–Crippen LogP) is 0.645. The molecule has 3 N–H and O–H groups in total. The first kappa shape index (κ1) is 12.7. The van der Waals surface area contributed by atoms with E-state index in [0.29, 0.717) is 0 Å². The Morgan fingerprint density at radius 1 is 1.62 bits per heavy atom. The van der Waals surface area contributed by atoms with Gasteiger partial charge in [-0.05, 0) is 25.3 Å². The largest absolute Gasteiger partial charge is 0.367 e. The number of nitrogens with one attached hydrogen (secondary N) is 1. The zero-order valence-corrected chi connectivity index (χ0v) is 9.99. The maximum atomic E-state index is 5.71. The first-order chi connectivity index (χ1) is 7.72. The van der Waals surface area contributed by atoms with Crippen LogP contribution in [0.1, 0.15) is 18.9 Å². The van der Waals surface area contributed by atoms with Crippen molar-refractivity contribution in [2.75, 3.05) is 7.11 Å². The molecule has 0 aliphatic heterocycles. The third kappa shape index (κ3) is 3.08. The summed E-state index contributed by atoms with van der Waals surface area (Å²) in [5, 5.41) is 2.32. The molecule has 0 amide bonds. The number of H-pyrrole nitrogens is 1. The van der Waals surface area contributed by atoms with Crippen molar-refractivity contribution in [1.29, 1.82) is 0 Å². The molecular weight excluding hydrogens is 200 g/mol. The number of hydrogen-bond acceptors (Lipinski definition) is 2. The van der Waals surface area contributed by atoms with Gasteiger partial charge in [-0.3, -0.25) is 0 Å². The van der Waals surface area contributed by atoms with Gasteiger partial charge in [0.15, 0.2) is 0 Å². The van der Waals surface area contributed by atoms with E-state index in [1.165, 1.54) is 10.8 Å². The van der Waals surface area contributed by atoms with Gasteiger partial charge in [0.25, 0.3) is 0 Å². The summed E-state index contributed by atoms with van der Waals surface area (Å²) in [6, 6.07) is 0. The molecule has 1 aromatic heterocycles. The summed E-state index contributed by atoms with van der Waals surface area (Å²) in [5.74, 6) is 0. The zero-order valence-electron chi connectivity index (χ0n) is 9.99. The molecule has 3 heteroatoms. The Hall–Kier alpha value is -1.32. The molecule has 0 fully saturated rings. The summed E-state index contributed by atoms with van der Waals surface area (Å²) >= 11 is 0. The Kier molecular flexibility index (Phi) is 5.02. The normalized spacial score (nSPS) is 15.4. The monoisotopic (exact) mass is 220 g/mol. The van der Waals surface area contributed by atoms with Gasteiger partial charge in [-0.2, -0.15) is 0 Å². The highest BCUT2D eigenvalue weighted by Crippen LogP contribution is 1.98. The standard InChI is InChI=1S/C13H20N2O/c1-4-6-11-10(7-8-13(14)16-3)9-15-12(11)5-2/h4-6,9,13,15H,1,7-8,14H2,2-3H3/b11-6-,12-5+. The molecule has 0 spiro atoms.